The summed E-state index contributed by atoms with van der Waals surface area (Å²) in [6.07, 6.45) is 10.2. The second kappa shape index (κ2) is 9.90. The molecule has 2 aliphatic carbocycles. The van der Waals surface area contributed by atoms with Crippen LogP contribution in [-0.4, -0.2) is 25.5 Å². The van der Waals surface area contributed by atoms with E-state index >= 15 is 0 Å². The molecular weight excluding hydrogens is 350 g/mol. The first-order valence-electron chi connectivity index (χ1n) is 10.7. The highest BCUT2D eigenvalue weighted by Crippen LogP contribution is 2.53. The zero-order valence-electron chi connectivity index (χ0n) is 17.1. The molecule has 4 heteroatoms. The fourth-order valence-electron chi connectivity index (χ4n) is 4.99. The molecule has 1 amide bonds. The normalized spacial score (nSPS) is 27.1. The Hall–Kier alpha value is -2.10. The van der Waals surface area contributed by atoms with Crippen molar-refractivity contribution in [1.82, 2.24) is 5.32 Å². The van der Waals surface area contributed by atoms with E-state index in [0.29, 0.717) is 36.6 Å². The number of hydrogen-bond acceptors (Lipinski definition) is 3. The van der Waals surface area contributed by atoms with Gasteiger partial charge in [-0.3, -0.25) is 9.59 Å². The zero-order chi connectivity index (χ0) is 19.9. The van der Waals surface area contributed by atoms with Crippen molar-refractivity contribution in [2.75, 3.05) is 13.7 Å². The SMILES string of the molecule is COC(=O)CCCC=CC1C2CCC(C2)C1C(=O)NCC(C)c1ccccc1. The first-order valence-corrected chi connectivity index (χ1v) is 10.7. The summed E-state index contributed by atoms with van der Waals surface area (Å²) in [5.41, 5.74) is 1.26. The van der Waals surface area contributed by atoms with Crippen LogP contribution in [-0.2, 0) is 14.3 Å². The van der Waals surface area contributed by atoms with Crippen LogP contribution < -0.4 is 5.32 Å². The van der Waals surface area contributed by atoms with Crippen molar-refractivity contribution in [3.05, 3.63) is 48.0 Å². The van der Waals surface area contributed by atoms with E-state index in [-0.39, 0.29) is 17.8 Å². The first-order chi connectivity index (χ1) is 13.6. The van der Waals surface area contributed by atoms with Gasteiger partial charge in [0.2, 0.25) is 5.91 Å². The number of amides is 1. The van der Waals surface area contributed by atoms with E-state index in [9.17, 15) is 9.59 Å². The van der Waals surface area contributed by atoms with E-state index in [2.05, 4.69) is 41.3 Å². The maximum absolute atomic E-state index is 13.0. The lowest BCUT2D eigenvalue weighted by Crippen LogP contribution is -2.39. The maximum Gasteiger partial charge on any atom is 0.305 e. The van der Waals surface area contributed by atoms with Gasteiger partial charge in [0.1, 0.15) is 0 Å². The Labute approximate surface area is 168 Å². The Morgan fingerprint density at radius 2 is 1.96 bits per heavy atom. The maximum atomic E-state index is 13.0. The molecule has 5 atom stereocenters. The van der Waals surface area contributed by atoms with Crippen molar-refractivity contribution in [3.63, 3.8) is 0 Å². The summed E-state index contributed by atoms with van der Waals surface area (Å²) in [4.78, 5) is 24.2. The molecule has 2 saturated carbocycles. The first kappa shape index (κ1) is 20.6. The van der Waals surface area contributed by atoms with E-state index in [4.69, 9.17) is 0 Å². The molecular formula is C24H33NO3. The Bertz CT molecular complexity index is 684. The minimum Gasteiger partial charge on any atom is -0.469 e. The number of carbonyl (C=O) groups is 2. The van der Waals surface area contributed by atoms with Crippen molar-refractivity contribution in [2.45, 2.75) is 51.4 Å². The van der Waals surface area contributed by atoms with Crippen molar-refractivity contribution in [1.29, 1.82) is 0 Å². The Morgan fingerprint density at radius 3 is 2.71 bits per heavy atom. The molecule has 2 aliphatic rings. The number of fused-ring (bicyclic) bond motifs is 2. The standard InChI is InChI=1S/C24H33NO3/c1-17(18-9-5-3-6-10-18)16-25-24(27)23-20-14-13-19(15-20)21(23)11-7-4-8-12-22(26)28-2/h3,5-7,9-11,17,19-21,23H,4,8,12-16H2,1-2H3,(H,25,27). The van der Waals surface area contributed by atoms with Crippen molar-refractivity contribution in [3.8, 4) is 0 Å². The molecule has 0 saturated heterocycles. The molecule has 28 heavy (non-hydrogen) atoms. The quantitative estimate of drug-likeness (QED) is 0.389. The van der Waals surface area contributed by atoms with Crippen LogP contribution in [0.4, 0.5) is 0 Å². The number of unbranched alkanes of at least 4 members (excludes halogenated alkanes) is 1. The van der Waals surface area contributed by atoms with Gasteiger partial charge in [0.25, 0.3) is 0 Å². The number of ether oxygens (including phenoxy) is 1. The van der Waals surface area contributed by atoms with Crippen LogP contribution in [0.1, 0.15) is 56.9 Å². The highest BCUT2D eigenvalue weighted by molar-refractivity contribution is 5.80. The van der Waals surface area contributed by atoms with Gasteiger partial charge in [0.05, 0.1) is 7.11 Å². The van der Waals surface area contributed by atoms with Crippen LogP contribution in [0, 0.1) is 23.7 Å². The third-order valence-electron chi connectivity index (χ3n) is 6.57. The second-order valence-electron chi connectivity index (χ2n) is 8.39. The smallest absolute Gasteiger partial charge is 0.305 e. The van der Waals surface area contributed by atoms with Gasteiger partial charge in [0.15, 0.2) is 0 Å². The van der Waals surface area contributed by atoms with Gasteiger partial charge in [-0.1, -0.05) is 49.4 Å². The van der Waals surface area contributed by atoms with E-state index < -0.39 is 0 Å². The molecule has 0 spiro atoms. The van der Waals surface area contributed by atoms with E-state index in [0.717, 1.165) is 12.8 Å². The van der Waals surface area contributed by atoms with Gasteiger partial charge < -0.3 is 10.1 Å². The summed E-state index contributed by atoms with van der Waals surface area (Å²) < 4.78 is 4.68. The number of allylic oxidation sites excluding steroid dienone is 2. The Kier molecular flexibility index (Phi) is 7.30. The molecule has 1 N–H and O–H groups in total. The molecule has 0 aliphatic heterocycles. The molecule has 0 aromatic heterocycles. The van der Waals surface area contributed by atoms with Crippen LogP contribution in [0.15, 0.2) is 42.5 Å². The lowest BCUT2D eigenvalue weighted by atomic mass is 9.78. The van der Waals surface area contributed by atoms with Gasteiger partial charge in [-0.05, 0) is 61.3 Å². The van der Waals surface area contributed by atoms with Crippen LogP contribution in [0.3, 0.4) is 0 Å². The van der Waals surface area contributed by atoms with Crippen LogP contribution in [0.25, 0.3) is 0 Å². The average Bonchev–Trinajstić information content (AvgIpc) is 3.33. The Morgan fingerprint density at radius 1 is 1.21 bits per heavy atom. The lowest BCUT2D eigenvalue weighted by Gasteiger charge is -2.28. The van der Waals surface area contributed by atoms with Gasteiger partial charge in [-0.15, -0.1) is 0 Å². The number of nitrogens with one attached hydrogen (secondary N) is 1. The van der Waals surface area contributed by atoms with Crippen molar-refractivity contribution in [2.24, 2.45) is 23.7 Å². The predicted octanol–water partition coefficient (Wildman–Crippen LogP) is 4.47. The highest BCUT2D eigenvalue weighted by atomic mass is 16.5. The third kappa shape index (κ3) is 5.03. The summed E-state index contributed by atoms with van der Waals surface area (Å²) in [7, 11) is 1.43. The second-order valence-corrected chi connectivity index (χ2v) is 8.39. The summed E-state index contributed by atoms with van der Waals surface area (Å²) in [5, 5.41) is 3.23. The van der Waals surface area contributed by atoms with E-state index in [1.54, 1.807) is 0 Å². The molecule has 5 unspecified atom stereocenters. The lowest BCUT2D eigenvalue weighted by molar-refractivity contribution is -0.140. The average molecular weight is 384 g/mol. The van der Waals surface area contributed by atoms with E-state index in [1.807, 2.05) is 18.2 Å². The van der Waals surface area contributed by atoms with Crippen LogP contribution in [0.2, 0.25) is 0 Å². The van der Waals surface area contributed by atoms with Gasteiger partial charge >= 0.3 is 5.97 Å². The molecule has 1 aromatic carbocycles. The molecule has 2 fully saturated rings. The molecule has 152 valence electrons. The monoisotopic (exact) mass is 383 g/mol. The third-order valence-corrected chi connectivity index (χ3v) is 6.57. The number of benzene rings is 1. The minimum atomic E-state index is -0.155. The van der Waals surface area contributed by atoms with Gasteiger partial charge in [-0.2, -0.15) is 0 Å². The number of rotatable bonds is 9. The highest BCUT2D eigenvalue weighted by Gasteiger charge is 2.49. The van der Waals surface area contributed by atoms with Crippen LogP contribution >= 0.6 is 0 Å². The van der Waals surface area contributed by atoms with Crippen molar-refractivity contribution >= 4 is 11.9 Å². The van der Waals surface area contributed by atoms with Crippen LogP contribution in [0.5, 0.6) is 0 Å². The fraction of sp³-hybridized carbons (Fsp3) is 0.583. The van der Waals surface area contributed by atoms with Crippen molar-refractivity contribution < 1.29 is 14.3 Å². The molecule has 0 radical (unpaired) electrons. The minimum absolute atomic E-state index is 0.110. The van der Waals surface area contributed by atoms with E-state index in [1.165, 1.54) is 31.9 Å². The number of hydrogen-bond donors (Lipinski definition) is 1. The largest absolute Gasteiger partial charge is 0.469 e. The summed E-state index contributed by atoms with van der Waals surface area (Å²) in [5.74, 6) is 2.02. The molecule has 0 heterocycles. The topological polar surface area (TPSA) is 55.4 Å². The molecule has 3 rings (SSSR count). The van der Waals surface area contributed by atoms with Gasteiger partial charge in [0, 0.05) is 18.9 Å². The number of carbonyl (C=O) groups excluding carboxylic acids is 2. The molecule has 4 nitrogen and oxygen atoms in total. The predicted molar refractivity (Wildman–Crippen MR) is 111 cm³/mol. The fourth-order valence-corrected chi connectivity index (χ4v) is 4.99. The molecule has 1 aromatic rings. The van der Waals surface area contributed by atoms with Gasteiger partial charge in [-0.25, -0.2) is 0 Å². The Balaban J connectivity index is 1.52. The number of esters is 1. The summed E-state index contributed by atoms with van der Waals surface area (Å²) in [6.45, 7) is 2.85. The summed E-state index contributed by atoms with van der Waals surface area (Å²) in [6, 6.07) is 10.4. The molecule has 2 bridgehead atoms. The summed E-state index contributed by atoms with van der Waals surface area (Å²) >= 11 is 0. The number of methoxy groups -OCH3 is 1. The zero-order valence-corrected chi connectivity index (χ0v) is 17.1.